The molecule has 3 aromatic rings. The lowest BCUT2D eigenvalue weighted by atomic mass is 10.1. The maximum atomic E-state index is 12.4. The van der Waals surface area contributed by atoms with Crippen LogP contribution in [0.3, 0.4) is 0 Å². The minimum Gasteiger partial charge on any atom is -0.451 e. The van der Waals surface area contributed by atoms with Gasteiger partial charge in [-0.15, -0.1) is 0 Å². The summed E-state index contributed by atoms with van der Waals surface area (Å²) >= 11 is 0. The molecule has 1 fully saturated rings. The number of rotatable bonds is 7. The molecule has 5 rings (SSSR count). The van der Waals surface area contributed by atoms with Crippen LogP contribution in [0.1, 0.15) is 40.1 Å². The molecule has 0 unspecified atom stereocenters. The van der Waals surface area contributed by atoms with Crippen LogP contribution >= 0.6 is 0 Å². The molecule has 144 valence electrons. The summed E-state index contributed by atoms with van der Waals surface area (Å²) in [4.78, 5) is 18.9. The third kappa shape index (κ3) is 3.66. The number of nitrogens with one attached hydrogen (secondary N) is 1. The van der Waals surface area contributed by atoms with E-state index in [1.807, 2.05) is 0 Å². The molecule has 1 aromatic carbocycles. The van der Waals surface area contributed by atoms with Crippen molar-refractivity contribution in [3.63, 3.8) is 0 Å². The van der Waals surface area contributed by atoms with Crippen LogP contribution in [0.4, 0.5) is 0 Å². The van der Waals surface area contributed by atoms with E-state index in [4.69, 9.17) is 9.15 Å². The SMILES string of the molecule is O=C(NCCN(Cc1ccc2c(c1)COC2)C1CC1)c1cc2cnccc2o1. The van der Waals surface area contributed by atoms with Crippen LogP contribution < -0.4 is 5.32 Å². The van der Waals surface area contributed by atoms with Gasteiger partial charge in [-0.25, -0.2) is 0 Å². The molecule has 2 aromatic heterocycles. The Balaban J connectivity index is 1.19. The third-order valence-corrected chi connectivity index (χ3v) is 5.46. The minimum absolute atomic E-state index is 0.179. The second-order valence-electron chi connectivity index (χ2n) is 7.58. The fourth-order valence-corrected chi connectivity index (χ4v) is 3.79. The van der Waals surface area contributed by atoms with Crippen molar-refractivity contribution in [2.24, 2.45) is 0 Å². The number of ether oxygens (including phenoxy) is 1. The van der Waals surface area contributed by atoms with Gasteiger partial charge in [0.1, 0.15) is 5.58 Å². The zero-order valence-electron chi connectivity index (χ0n) is 15.7. The Morgan fingerprint density at radius 1 is 1.18 bits per heavy atom. The van der Waals surface area contributed by atoms with E-state index in [9.17, 15) is 4.79 Å². The van der Waals surface area contributed by atoms with E-state index in [0.717, 1.165) is 31.7 Å². The summed E-state index contributed by atoms with van der Waals surface area (Å²) in [5, 5.41) is 3.83. The zero-order valence-corrected chi connectivity index (χ0v) is 15.7. The number of furan rings is 1. The average molecular weight is 377 g/mol. The van der Waals surface area contributed by atoms with Crippen molar-refractivity contribution in [2.45, 2.75) is 38.6 Å². The number of aromatic nitrogens is 1. The number of carbonyl (C=O) groups is 1. The normalized spacial score (nSPS) is 15.9. The van der Waals surface area contributed by atoms with Crippen LogP contribution in [0.15, 0.2) is 47.1 Å². The highest BCUT2D eigenvalue weighted by Crippen LogP contribution is 2.29. The van der Waals surface area contributed by atoms with Gasteiger partial charge in [-0.05, 0) is 41.7 Å². The maximum Gasteiger partial charge on any atom is 0.287 e. The summed E-state index contributed by atoms with van der Waals surface area (Å²) < 4.78 is 11.1. The highest BCUT2D eigenvalue weighted by molar-refractivity contribution is 5.95. The van der Waals surface area contributed by atoms with Crippen LogP contribution in [0, 0.1) is 0 Å². The van der Waals surface area contributed by atoms with Crippen LogP contribution in [0.2, 0.25) is 0 Å². The Labute approximate surface area is 163 Å². The standard InChI is InChI=1S/C22H23N3O3/c26-22(21-10-17-11-23-6-5-20(17)28-21)24-7-8-25(19-3-4-19)12-15-1-2-16-13-27-14-18(16)9-15/h1-2,5-6,9-11,19H,3-4,7-8,12-14H2,(H,24,26). The first-order chi connectivity index (χ1) is 13.8. The Kier molecular flexibility index (Phi) is 4.58. The number of pyridine rings is 1. The zero-order chi connectivity index (χ0) is 18.9. The molecule has 2 aliphatic rings. The number of carbonyl (C=O) groups excluding carboxylic acids is 1. The Bertz CT molecular complexity index is 976. The molecule has 6 nitrogen and oxygen atoms in total. The van der Waals surface area contributed by atoms with E-state index >= 15 is 0 Å². The first kappa shape index (κ1) is 17.4. The van der Waals surface area contributed by atoms with Crippen molar-refractivity contribution >= 4 is 16.9 Å². The van der Waals surface area contributed by atoms with Crippen molar-refractivity contribution in [1.82, 2.24) is 15.2 Å². The number of amides is 1. The van der Waals surface area contributed by atoms with Gasteiger partial charge in [0.15, 0.2) is 5.76 Å². The van der Waals surface area contributed by atoms with Gasteiger partial charge in [-0.1, -0.05) is 18.2 Å². The largest absolute Gasteiger partial charge is 0.451 e. The van der Waals surface area contributed by atoms with Gasteiger partial charge in [0.2, 0.25) is 0 Å². The molecule has 28 heavy (non-hydrogen) atoms. The van der Waals surface area contributed by atoms with E-state index in [-0.39, 0.29) is 5.91 Å². The smallest absolute Gasteiger partial charge is 0.287 e. The molecule has 1 saturated carbocycles. The van der Waals surface area contributed by atoms with Crippen LogP contribution in [-0.2, 0) is 24.5 Å². The summed E-state index contributed by atoms with van der Waals surface area (Å²) in [6.07, 6.45) is 5.83. The van der Waals surface area contributed by atoms with Crippen molar-refractivity contribution in [2.75, 3.05) is 13.1 Å². The fraction of sp³-hybridized carbons (Fsp3) is 0.364. The maximum absolute atomic E-state index is 12.4. The van der Waals surface area contributed by atoms with E-state index in [1.54, 1.807) is 24.5 Å². The number of benzene rings is 1. The molecule has 0 atom stereocenters. The molecular weight excluding hydrogens is 354 g/mol. The molecule has 3 heterocycles. The molecule has 0 radical (unpaired) electrons. The molecule has 6 heteroatoms. The molecule has 0 spiro atoms. The Hall–Kier alpha value is -2.70. The van der Waals surface area contributed by atoms with E-state index in [0.29, 0.717) is 23.9 Å². The molecule has 1 N–H and O–H groups in total. The quantitative estimate of drug-likeness (QED) is 0.685. The molecule has 1 amide bonds. The highest BCUT2D eigenvalue weighted by atomic mass is 16.5. The van der Waals surface area contributed by atoms with Crippen LogP contribution in [0.25, 0.3) is 11.0 Å². The second kappa shape index (κ2) is 7.37. The van der Waals surface area contributed by atoms with Gasteiger partial charge in [-0.2, -0.15) is 0 Å². The van der Waals surface area contributed by atoms with E-state index in [2.05, 4.69) is 33.4 Å². The van der Waals surface area contributed by atoms with Crippen LogP contribution in [0.5, 0.6) is 0 Å². The lowest BCUT2D eigenvalue weighted by Gasteiger charge is -2.22. The first-order valence-electron chi connectivity index (χ1n) is 9.80. The summed E-state index contributed by atoms with van der Waals surface area (Å²) in [6, 6.07) is 10.8. The van der Waals surface area contributed by atoms with Gasteiger partial charge in [0.25, 0.3) is 5.91 Å². The number of fused-ring (bicyclic) bond motifs is 2. The average Bonchev–Trinajstić information content (AvgIpc) is 3.29. The predicted molar refractivity (Wildman–Crippen MR) is 105 cm³/mol. The van der Waals surface area contributed by atoms with Gasteiger partial charge in [0.05, 0.1) is 13.2 Å². The lowest BCUT2D eigenvalue weighted by molar-refractivity contribution is 0.0921. The monoisotopic (exact) mass is 377 g/mol. The number of hydrogen-bond acceptors (Lipinski definition) is 5. The van der Waals surface area contributed by atoms with Crippen LogP contribution in [-0.4, -0.2) is 34.9 Å². The first-order valence-corrected chi connectivity index (χ1v) is 9.80. The fourth-order valence-electron chi connectivity index (χ4n) is 3.79. The number of nitrogens with zero attached hydrogens (tertiary/aromatic N) is 2. The van der Waals surface area contributed by atoms with Gasteiger partial charge < -0.3 is 14.5 Å². The Morgan fingerprint density at radius 3 is 2.93 bits per heavy atom. The molecule has 0 saturated heterocycles. The van der Waals surface area contributed by atoms with Gasteiger partial charge >= 0.3 is 0 Å². The molecule has 0 bridgehead atoms. The van der Waals surface area contributed by atoms with E-state index in [1.165, 1.54) is 29.5 Å². The van der Waals surface area contributed by atoms with Gasteiger partial charge in [-0.3, -0.25) is 14.7 Å². The topological polar surface area (TPSA) is 67.6 Å². The van der Waals surface area contributed by atoms with Crippen molar-refractivity contribution in [3.05, 3.63) is 65.2 Å². The number of hydrogen-bond donors (Lipinski definition) is 1. The summed E-state index contributed by atoms with van der Waals surface area (Å²) in [5.41, 5.74) is 4.60. The van der Waals surface area contributed by atoms with Crippen molar-refractivity contribution < 1.29 is 13.9 Å². The van der Waals surface area contributed by atoms with Crippen molar-refractivity contribution in [1.29, 1.82) is 0 Å². The highest BCUT2D eigenvalue weighted by Gasteiger charge is 2.29. The lowest BCUT2D eigenvalue weighted by Crippen LogP contribution is -2.35. The molecule has 1 aliphatic carbocycles. The third-order valence-electron chi connectivity index (χ3n) is 5.46. The summed E-state index contributed by atoms with van der Waals surface area (Å²) in [7, 11) is 0. The van der Waals surface area contributed by atoms with E-state index < -0.39 is 0 Å². The summed E-state index contributed by atoms with van der Waals surface area (Å²) in [6.45, 7) is 3.77. The van der Waals surface area contributed by atoms with Gasteiger partial charge in [0, 0.05) is 43.5 Å². The van der Waals surface area contributed by atoms with Crippen molar-refractivity contribution in [3.8, 4) is 0 Å². The molecular formula is C22H23N3O3. The Morgan fingerprint density at radius 2 is 2.07 bits per heavy atom. The molecule has 1 aliphatic heterocycles. The predicted octanol–water partition coefficient (Wildman–Crippen LogP) is 3.25. The second-order valence-corrected chi connectivity index (χ2v) is 7.58. The minimum atomic E-state index is -0.179. The summed E-state index contributed by atoms with van der Waals surface area (Å²) in [5.74, 6) is 0.154.